The van der Waals surface area contributed by atoms with Crippen LogP contribution in [0.3, 0.4) is 0 Å². The summed E-state index contributed by atoms with van der Waals surface area (Å²) in [5.74, 6) is -0.745. The van der Waals surface area contributed by atoms with E-state index < -0.39 is 43.0 Å². The van der Waals surface area contributed by atoms with Crippen molar-refractivity contribution in [1.82, 2.24) is 0 Å². The number of unbranched alkanes of at least 4 members (excludes halogenated alkanes) is 3. The molecule has 2 aromatic rings. The minimum absolute atomic E-state index is 0. The molecule has 0 saturated heterocycles. The maximum absolute atomic E-state index is 11.8. The molecule has 0 aliphatic heterocycles. The summed E-state index contributed by atoms with van der Waals surface area (Å²) in [7, 11) is -7.37. The fourth-order valence-corrected chi connectivity index (χ4v) is 25.3. The Morgan fingerprint density at radius 3 is 1.43 bits per heavy atom. The molecule has 1 fully saturated rings. The molecule has 20 heteroatoms. The summed E-state index contributed by atoms with van der Waals surface area (Å²) < 4.78 is 49.8. The van der Waals surface area contributed by atoms with E-state index in [2.05, 4.69) is 117 Å². The van der Waals surface area contributed by atoms with Crippen LogP contribution in [0, 0.1) is 5.92 Å². The quantitative estimate of drug-likeness (QED) is 0.0243. The van der Waals surface area contributed by atoms with Gasteiger partial charge in [0.15, 0.2) is 16.6 Å². The van der Waals surface area contributed by atoms with Crippen LogP contribution in [0.2, 0.25) is 72.0 Å². The second kappa shape index (κ2) is 52.4. The number of methoxy groups -OCH3 is 1. The Morgan fingerprint density at radius 1 is 0.561 bits per heavy atom. The van der Waals surface area contributed by atoms with Crippen LogP contribution in [0.5, 0.6) is 5.75 Å². The normalized spacial score (nSPS) is 13.0. The van der Waals surface area contributed by atoms with Crippen LogP contribution in [-0.2, 0) is 93.7 Å². The van der Waals surface area contributed by atoms with Gasteiger partial charge in [0.25, 0.3) is 0 Å². The Morgan fingerprint density at radius 2 is 1.01 bits per heavy atom. The van der Waals surface area contributed by atoms with E-state index in [0.29, 0.717) is 41.2 Å². The van der Waals surface area contributed by atoms with Gasteiger partial charge < -0.3 is 40.1 Å². The summed E-state index contributed by atoms with van der Waals surface area (Å²) in [6, 6.07) is 16.7. The van der Waals surface area contributed by atoms with Gasteiger partial charge in [-0.1, -0.05) is 141 Å². The minimum atomic E-state index is -2.20. The van der Waals surface area contributed by atoms with E-state index in [4.69, 9.17) is 35.4 Å². The van der Waals surface area contributed by atoms with Crippen molar-refractivity contribution in [2.24, 2.45) is 5.92 Å². The molecule has 1 aliphatic carbocycles. The molecule has 2 aromatic carbocycles. The molecule has 0 amide bonds. The second-order valence-corrected chi connectivity index (χ2v) is 39.4. The average molecular weight is 1320 g/mol. The van der Waals surface area contributed by atoms with Gasteiger partial charge in [-0.05, 0) is 168 Å². The molecule has 14 nitrogen and oxygen atoms in total. The summed E-state index contributed by atoms with van der Waals surface area (Å²) in [5, 5.41) is 0. The fourth-order valence-electron chi connectivity index (χ4n) is 6.78. The van der Waals surface area contributed by atoms with E-state index in [0.717, 1.165) is 76.2 Å². The van der Waals surface area contributed by atoms with Gasteiger partial charge in [-0.25, -0.2) is 19.2 Å². The van der Waals surface area contributed by atoms with Crippen molar-refractivity contribution in [2.75, 3.05) is 20.3 Å². The van der Waals surface area contributed by atoms with Crippen LogP contribution in [0.1, 0.15) is 166 Å². The van der Waals surface area contributed by atoms with E-state index in [-0.39, 0.29) is 119 Å². The summed E-state index contributed by atoms with van der Waals surface area (Å²) in [6.45, 7) is 46.3. The largest absolute Gasteiger partial charge is 0.466 e. The Hall–Kier alpha value is -2.96. The number of carbonyl (C=O) groups excluding carboxylic acids is 5. The van der Waals surface area contributed by atoms with Gasteiger partial charge in [-0.2, -0.15) is 0 Å². The van der Waals surface area contributed by atoms with E-state index in [1.807, 2.05) is 42.5 Å². The number of esters is 5. The molecule has 0 bridgehead atoms. The van der Waals surface area contributed by atoms with E-state index in [1.54, 1.807) is 32.9 Å². The second-order valence-electron chi connectivity index (χ2n) is 21.1. The predicted molar refractivity (Wildman–Crippen MR) is 354 cm³/mol. The third kappa shape index (κ3) is 52.6. The third-order valence-electron chi connectivity index (χ3n) is 9.85. The van der Waals surface area contributed by atoms with Gasteiger partial charge >= 0.3 is 56.3 Å². The summed E-state index contributed by atoms with van der Waals surface area (Å²) in [6.07, 6.45) is 9.93. The molecule has 0 spiro atoms. The van der Waals surface area contributed by atoms with Crippen molar-refractivity contribution in [3.05, 3.63) is 102 Å². The van der Waals surface area contributed by atoms with Gasteiger partial charge in [0.1, 0.15) is 11.9 Å². The zero-order valence-corrected chi connectivity index (χ0v) is 57.8. The van der Waals surface area contributed by atoms with Crippen molar-refractivity contribution >= 4 is 72.9 Å². The van der Waals surface area contributed by atoms with Crippen molar-refractivity contribution < 1.29 is 96.8 Å². The number of aryl methyl sites for hydroxylation is 1. The molecule has 0 atom stereocenters. The molecule has 0 unspecified atom stereocenters. The zero-order valence-electron chi connectivity index (χ0n) is 50.0. The SMILES string of the molecule is C.C.C.C.C.C.C=C(C)C(=O)OC.C=C(C)C(=O)OC1CCC(C(=O)OCCCC)CC1.C=C(C)C(=O)Oc1ccccc1CCCC.CCCCOC(=O)c1ccccc1.C[Si](O[Si](C)(C)C)O[Si](C)(C)O[Si](C)(C)O[Si](C)(C)C.[Y]. The summed E-state index contributed by atoms with van der Waals surface area (Å²) in [4.78, 5) is 56.1. The van der Waals surface area contributed by atoms with Gasteiger partial charge in [-0.3, -0.25) is 4.79 Å². The Balaban J connectivity index is -0.000000117. The number of benzene rings is 2. The maximum Gasteiger partial charge on any atom is 0.360 e. The Labute approximate surface area is 534 Å². The molecule has 1 saturated carbocycles. The van der Waals surface area contributed by atoms with E-state index >= 15 is 0 Å². The van der Waals surface area contributed by atoms with Gasteiger partial charge in [0.2, 0.25) is 0 Å². The van der Waals surface area contributed by atoms with Crippen molar-refractivity contribution in [2.45, 2.75) is 235 Å². The molecule has 0 aromatic heterocycles. The molecule has 2 radical (unpaired) electrons. The molecule has 1 aliphatic rings. The first-order valence-electron chi connectivity index (χ1n) is 26.3. The predicted octanol–water partition coefficient (Wildman–Crippen LogP) is 18.0. The minimum Gasteiger partial charge on any atom is -0.466 e. The van der Waals surface area contributed by atoms with Crippen LogP contribution in [0.15, 0.2) is 91.1 Å². The smallest absolute Gasteiger partial charge is 0.360 e. The van der Waals surface area contributed by atoms with Crippen molar-refractivity contribution in [3.63, 3.8) is 0 Å². The van der Waals surface area contributed by atoms with Crippen molar-refractivity contribution in [3.8, 4) is 5.75 Å². The molecule has 476 valence electrons. The summed E-state index contributed by atoms with van der Waals surface area (Å²) >= 11 is 0. The molecule has 0 N–H and O–H groups in total. The Bertz CT molecular complexity index is 2030. The number of para-hydroxylation sites is 1. The summed E-state index contributed by atoms with van der Waals surface area (Å²) in [5.41, 5.74) is 2.98. The standard InChI is InChI=1S/C15H24O4.C14H18O2.C11H33O4Si5.C11H14O2.C5H8O2.6CH4.Y/c1-4-5-10-18-15(17)12-6-8-13(9-7-12)19-14(16)11(2)3;1-4-5-8-12-9-6-7-10-13(12)16-14(15)11(2)3;1-16(12-17(2,3)4)13-19(8,9)15-20(10,11)14-18(5,6)7;1-2-3-9-13-11(12)10-7-5-4-6-8-10;1-4(2)5(6)7-3;;;;;;;/h12-13H,2,4-10H2,1,3H3;6-7,9-10H,2,4-5,8H2,1,3H3;1-11H3;4-8H,2-3,9H2,1H3;1H2,2-3H3;6*1H4;. The molecular formula is C62H121O14Si5Y. The number of rotatable bonds is 24. The number of carbonyl (C=O) groups is 5. The maximum atomic E-state index is 11.8. The van der Waals surface area contributed by atoms with Crippen LogP contribution in [0.4, 0.5) is 0 Å². The van der Waals surface area contributed by atoms with Gasteiger partial charge in [0.05, 0.1) is 31.8 Å². The fraction of sp³-hybridized carbons (Fsp3) is 0.629. The van der Waals surface area contributed by atoms with Crippen LogP contribution in [-0.4, -0.2) is 99.3 Å². The third-order valence-corrected chi connectivity index (χ3v) is 24.9. The molecular weight excluding hydrogens is 1200 g/mol. The monoisotopic (exact) mass is 1320 g/mol. The molecule has 0 heterocycles. The number of hydrogen-bond donors (Lipinski definition) is 0. The first kappa shape index (κ1) is 98.1. The molecule has 3 rings (SSSR count). The van der Waals surface area contributed by atoms with Gasteiger partial charge in [0, 0.05) is 49.4 Å². The van der Waals surface area contributed by atoms with Gasteiger partial charge in [-0.15, -0.1) is 0 Å². The first-order chi connectivity index (χ1) is 34.7. The van der Waals surface area contributed by atoms with E-state index in [9.17, 15) is 24.0 Å². The Kier molecular flexibility index (Phi) is 62.7. The number of ether oxygens (including phenoxy) is 5. The van der Waals surface area contributed by atoms with Crippen LogP contribution >= 0.6 is 0 Å². The molecule has 82 heavy (non-hydrogen) atoms. The zero-order chi connectivity index (χ0) is 58.0. The van der Waals surface area contributed by atoms with Crippen LogP contribution in [0.25, 0.3) is 0 Å². The topological polar surface area (TPSA) is 168 Å². The average Bonchev–Trinajstić information content (AvgIpc) is 3.30. The number of hydrogen-bond acceptors (Lipinski definition) is 14. The van der Waals surface area contributed by atoms with E-state index in [1.165, 1.54) is 7.11 Å². The van der Waals surface area contributed by atoms with Crippen molar-refractivity contribution in [1.29, 1.82) is 0 Å². The first-order valence-corrected chi connectivity index (χ1v) is 40.6. The van der Waals surface area contributed by atoms with Crippen LogP contribution < -0.4 is 4.74 Å².